The zero-order chi connectivity index (χ0) is 22.0. The fourth-order valence-electron chi connectivity index (χ4n) is 3.90. The van der Waals surface area contributed by atoms with Gasteiger partial charge in [0.05, 0.1) is 25.7 Å². The van der Waals surface area contributed by atoms with E-state index in [1.807, 2.05) is 39.2 Å². The minimum Gasteiger partial charge on any atom is -0.493 e. The molecule has 2 rings (SSSR count). The first-order chi connectivity index (χ1) is 14.5. The van der Waals surface area contributed by atoms with Gasteiger partial charge >= 0.3 is 0 Å². The Kier molecular flexibility index (Phi) is 9.27. The van der Waals surface area contributed by atoms with Crippen molar-refractivity contribution < 1.29 is 14.3 Å². The van der Waals surface area contributed by atoms with Gasteiger partial charge in [0.25, 0.3) is 0 Å². The zero-order valence-corrected chi connectivity index (χ0v) is 19.2. The van der Waals surface area contributed by atoms with Crippen molar-refractivity contribution in [3.63, 3.8) is 0 Å². The fourth-order valence-corrected chi connectivity index (χ4v) is 3.90. The number of amides is 1. The summed E-state index contributed by atoms with van der Waals surface area (Å²) in [5.41, 5.74) is 0.703. The molecule has 2 N–H and O–H groups in total. The molecule has 7 heteroatoms. The Bertz CT molecular complexity index is 712. The van der Waals surface area contributed by atoms with Gasteiger partial charge in [0.15, 0.2) is 17.5 Å². The molecule has 1 saturated carbocycles. The highest BCUT2D eigenvalue weighted by atomic mass is 16.5. The van der Waals surface area contributed by atoms with Gasteiger partial charge in [-0.3, -0.25) is 4.79 Å². The number of methoxy groups -OCH3 is 1. The molecule has 0 aromatic heterocycles. The average Bonchev–Trinajstić information content (AvgIpc) is 3.23. The van der Waals surface area contributed by atoms with Gasteiger partial charge < -0.3 is 25.0 Å². The Hall–Kier alpha value is -2.44. The van der Waals surface area contributed by atoms with Crippen molar-refractivity contribution >= 4 is 11.9 Å². The first kappa shape index (κ1) is 23.8. The summed E-state index contributed by atoms with van der Waals surface area (Å²) in [5.74, 6) is 2.40. The molecule has 0 saturated heterocycles. The van der Waals surface area contributed by atoms with Crippen LogP contribution in [0.1, 0.15) is 51.5 Å². The van der Waals surface area contributed by atoms with Crippen LogP contribution < -0.4 is 20.1 Å². The van der Waals surface area contributed by atoms with Crippen molar-refractivity contribution in [2.75, 3.05) is 40.9 Å². The van der Waals surface area contributed by atoms with Crippen LogP contribution in [0.3, 0.4) is 0 Å². The van der Waals surface area contributed by atoms with Crippen LogP contribution in [-0.4, -0.2) is 57.7 Å². The number of hydrogen-bond acceptors (Lipinski definition) is 4. The summed E-state index contributed by atoms with van der Waals surface area (Å²) in [6, 6.07) is 5.91. The summed E-state index contributed by atoms with van der Waals surface area (Å²) >= 11 is 0. The molecule has 0 spiro atoms. The molecule has 30 heavy (non-hydrogen) atoms. The largest absolute Gasteiger partial charge is 0.493 e. The molecule has 1 aromatic rings. The third-order valence-electron chi connectivity index (χ3n) is 5.47. The number of ether oxygens (including phenoxy) is 2. The van der Waals surface area contributed by atoms with E-state index in [4.69, 9.17) is 14.5 Å². The predicted octanol–water partition coefficient (Wildman–Crippen LogP) is 3.19. The summed E-state index contributed by atoms with van der Waals surface area (Å²) in [6.45, 7) is 6.64. The minimum absolute atomic E-state index is 0.204. The van der Waals surface area contributed by atoms with E-state index in [0.29, 0.717) is 19.7 Å². The van der Waals surface area contributed by atoms with Crippen LogP contribution in [0, 0.1) is 5.41 Å². The van der Waals surface area contributed by atoms with Crippen molar-refractivity contribution in [2.45, 2.75) is 52.5 Å². The molecule has 168 valence electrons. The molecule has 0 radical (unpaired) electrons. The SMILES string of the molecule is CCCOc1ccc(CN=C(NCC)NCC2(C(=O)N(C)C)CCCC2)cc1OC. The Morgan fingerprint density at radius 2 is 1.90 bits per heavy atom. The van der Waals surface area contributed by atoms with Crippen molar-refractivity contribution in [3.05, 3.63) is 23.8 Å². The van der Waals surface area contributed by atoms with E-state index in [9.17, 15) is 4.79 Å². The van der Waals surface area contributed by atoms with Gasteiger partial charge in [-0.1, -0.05) is 25.8 Å². The van der Waals surface area contributed by atoms with Gasteiger partial charge in [-0.15, -0.1) is 0 Å². The van der Waals surface area contributed by atoms with Gasteiger partial charge in [-0.05, 0) is 43.9 Å². The molecule has 7 nitrogen and oxygen atoms in total. The lowest BCUT2D eigenvalue weighted by Gasteiger charge is -2.31. The van der Waals surface area contributed by atoms with Crippen LogP contribution in [0.2, 0.25) is 0 Å². The predicted molar refractivity (Wildman–Crippen MR) is 121 cm³/mol. The minimum atomic E-state index is -0.332. The smallest absolute Gasteiger partial charge is 0.230 e. The molecule has 1 aliphatic carbocycles. The van der Waals surface area contributed by atoms with E-state index in [-0.39, 0.29) is 11.3 Å². The number of hydrogen-bond donors (Lipinski definition) is 2. The molecule has 1 aromatic carbocycles. The van der Waals surface area contributed by atoms with Crippen molar-refractivity contribution in [1.82, 2.24) is 15.5 Å². The highest BCUT2D eigenvalue weighted by molar-refractivity contribution is 5.85. The molecular weight excluding hydrogens is 380 g/mol. The average molecular weight is 419 g/mol. The van der Waals surface area contributed by atoms with E-state index in [0.717, 1.165) is 61.7 Å². The Morgan fingerprint density at radius 3 is 2.50 bits per heavy atom. The quantitative estimate of drug-likeness (QED) is 0.451. The molecular formula is C23H38N4O3. The van der Waals surface area contributed by atoms with E-state index in [1.165, 1.54) is 0 Å². The first-order valence-electron chi connectivity index (χ1n) is 11.0. The van der Waals surface area contributed by atoms with Crippen LogP contribution in [-0.2, 0) is 11.3 Å². The zero-order valence-electron chi connectivity index (χ0n) is 19.2. The van der Waals surface area contributed by atoms with Crippen LogP contribution in [0.25, 0.3) is 0 Å². The van der Waals surface area contributed by atoms with Crippen LogP contribution >= 0.6 is 0 Å². The maximum absolute atomic E-state index is 12.8. The number of rotatable bonds is 10. The molecule has 0 unspecified atom stereocenters. The highest BCUT2D eigenvalue weighted by Crippen LogP contribution is 2.38. The van der Waals surface area contributed by atoms with Crippen molar-refractivity contribution in [1.29, 1.82) is 0 Å². The van der Waals surface area contributed by atoms with Crippen LogP contribution in [0.15, 0.2) is 23.2 Å². The Balaban J connectivity index is 2.07. The van der Waals surface area contributed by atoms with Crippen LogP contribution in [0.4, 0.5) is 0 Å². The van der Waals surface area contributed by atoms with Crippen molar-refractivity contribution in [2.24, 2.45) is 10.4 Å². The van der Waals surface area contributed by atoms with E-state index < -0.39 is 0 Å². The lowest BCUT2D eigenvalue weighted by Crippen LogP contribution is -2.49. The summed E-state index contributed by atoms with van der Waals surface area (Å²) < 4.78 is 11.2. The second kappa shape index (κ2) is 11.7. The van der Waals surface area contributed by atoms with Crippen LogP contribution in [0.5, 0.6) is 11.5 Å². The number of nitrogens with zero attached hydrogens (tertiary/aromatic N) is 2. The summed E-state index contributed by atoms with van der Waals surface area (Å²) in [7, 11) is 5.32. The third kappa shape index (κ3) is 6.28. The topological polar surface area (TPSA) is 75.2 Å². The molecule has 1 amide bonds. The lowest BCUT2D eigenvalue weighted by atomic mass is 9.84. The lowest BCUT2D eigenvalue weighted by molar-refractivity contribution is -0.138. The maximum atomic E-state index is 12.8. The fraction of sp³-hybridized carbons (Fsp3) is 0.652. The first-order valence-corrected chi connectivity index (χ1v) is 11.0. The van der Waals surface area contributed by atoms with E-state index >= 15 is 0 Å². The third-order valence-corrected chi connectivity index (χ3v) is 5.47. The van der Waals surface area contributed by atoms with Gasteiger partial charge in [0, 0.05) is 27.2 Å². The molecule has 0 aliphatic heterocycles. The normalized spacial score (nSPS) is 15.6. The van der Waals surface area contributed by atoms with E-state index in [2.05, 4.69) is 17.6 Å². The number of nitrogens with one attached hydrogen (secondary N) is 2. The Morgan fingerprint density at radius 1 is 1.17 bits per heavy atom. The van der Waals surface area contributed by atoms with Gasteiger partial charge in [-0.25, -0.2) is 4.99 Å². The number of carbonyl (C=O) groups excluding carboxylic acids is 1. The molecule has 1 fully saturated rings. The highest BCUT2D eigenvalue weighted by Gasteiger charge is 2.42. The van der Waals surface area contributed by atoms with Gasteiger partial charge in [0.2, 0.25) is 5.91 Å². The molecule has 0 atom stereocenters. The standard InChI is InChI=1S/C23H38N4O3/c1-6-14-30-19-11-10-18(15-20(19)29-5)16-25-22(24-7-2)26-17-23(12-8-9-13-23)21(28)27(3)4/h10-11,15H,6-9,12-14,16-17H2,1-5H3,(H2,24,25,26). The second-order valence-corrected chi connectivity index (χ2v) is 8.07. The second-order valence-electron chi connectivity index (χ2n) is 8.07. The number of benzene rings is 1. The van der Waals surface area contributed by atoms with E-state index in [1.54, 1.807) is 12.0 Å². The number of guanidine groups is 1. The maximum Gasteiger partial charge on any atom is 0.230 e. The van der Waals surface area contributed by atoms with Gasteiger partial charge in [0.1, 0.15) is 0 Å². The summed E-state index contributed by atoms with van der Waals surface area (Å²) in [4.78, 5) is 19.2. The monoisotopic (exact) mass is 418 g/mol. The molecule has 0 heterocycles. The summed E-state index contributed by atoms with van der Waals surface area (Å²) in [5, 5.41) is 6.70. The number of aliphatic imine (C=N–C) groups is 1. The summed E-state index contributed by atoms with van der Waals surface area (Å²) in [6.07, 6.45) is 4.99. The molecule has 1 aliphatic rings. The molecule has 0 bridgehead atoms. The number of carbonyl (C=O) groups is 1. The Labute approximate surface area is 181 Å². The van der Waals surface area contributed by atoms with Crippen molar-refractivity contribution in [3.8, 4) is 11.5 Å². The van der Waals surface area contributed by atoms with Gasteiger partial charge in [-0.2, -0.15) is 0 Å².